The van der Waals surface area contributed by atoms with Gasteiger partial charge < -0.3 is 19.9 Å². The van der Waals surface area contributed by atoms with Crippen molar-refractivity contribution in [1.29, 1.82) is 0 Å². The van der Waals surface area contributed by atoms with Crippen molar-refractivity contribution in [3.8, 4) is 0 Å². The molecule has 0 radical (unpaired) electrons. The first kappa shape index (κ1) is 20.7. The van der Waals surface area contributed by atoms with Gasteiger partial charge in [0.1, 0.15) is 6.61 Å². The molecule has 1 unspecified atom stereocenters. The summed E-state index contributed by atoms with van der Waals surface area (Å²) < 4.78 is 9.79. The predicted octanol–water partition coefficient (Wildman–Crippen LogP) is 2.81. The summed E-state index contributed by atoms with van der Waals surface area (Å²) in [5.41, 5.74) is 1.03. The molecule has 6 nitrogen and oxygen atoms in total. The van der Waals surface area contributed by atoms with Crippen LogP contribution in [0.3, 0.4) is 0 Å². The van der Waals surface area contributed by atoms with Crippen LogP contribution in [-0.4, -0.2) is 36.4 Å². The molecule has 0 aliphatic heterocycles. The van der Waals surface area contributed by atoms with Gasteiger partial charge in [0, 0.05) is 12.0 Å². The molecule has 1 aromatic carbocycles. The third kappa shape index (κ3) is 6.97. The van der Waals surface area contributed by atoms with Crippen LogP contribution in [0.4, 0.5) is 4.79 Å². The molecule has 0 aliphatic carbocycles. The highest BCUT2D eigenvalue weighted by Gasteiger charge is 2.28. The smallest absolute Gasteiger partial charge is 0.407 e. The molecule has 0 fully saturated rings. The lowest BCUT2D eigenvalue weighted by atomic mass is 9.91. The fraction of sp³-hybridized carbons (Fsp3) is 0.474. The summed E-state index contributed by atoms with van der Waals surface area (Å²) in [6.45, 7) is 7.62. The zero-order chi connectivity index (χ0) is 18.8. The van der Waals surface area contributed by atoms with Gasteiger partial charge in [0.2, 0.25) is 0 Å². The van der Waals surface area contributed by atoms with Gasteiger partial charge in [-0.05, 0) is 11.5 Å². The maximum absolute atomic E-state index is 12.1. The van der Waals surface area contributed by atoms with Gasteiger partial charge in [-0.2, -0.15) is 0 Å². The number of carbonyl (C=O) groups excluding carboxylic acids is 2. The fourth-order valence-corrected chi connectivity index (χ4v) is 2.38. The Bertz CT molecular complexity index is 572. The number of amides is 1. The lowest BCUT2D eigenvalue weighted by molar-refractivity contribution is -0.136. The van der Waals surface area contributed by atoms with Crippen molar-refractivity contribution in [1.82, 2.24) is 5.32 Å². The first-order chi connectivity index (χ1) is 11.9. The van der Waals surface area contributed by atoms with Crippen molar-refractivity contribution in [3.63, 3.8) is 0 Å². The van der Waals surface area contributed by atoms with Crippen molar-refractivity contribution in [3.05, 3.63) is 48.0 Å². The molecule has 3 atom stereocenters. The van der Waals surface area contributed by atoms with Gasteiger partial charge in [0.25, 0.3) is 0 Å². The summed E-state index contributed by atoms with van der Waals surface area (Å²) in [5, 5.41) is 13.1. The predicted molar refractivity (Wildman–Crippen MR) is 94.8 cm³/mol. The molecule has 2 N–H and O–H groups in total. The van der Waals surface area contributed by atoms with E-state index in [-0.39, 0.29) is 24.5 Å². The van der Waals surface area contributed by atoms with Gasteiger partial charge in [-0.1, -0.05) is 57.2 Å². The molecule has 0 heterocycles. The Balaban J connectivity index is 2.63. The zero-order valence-corrected chi connectivity index (χ0v) is 15.0. The van der Waals surface area contributed by atoms with E-state index < -0.39 is 24.2 Å². The Morgan fingerprint density at radius 1 is 1.28 bits per heavy atom. The molecule has 0 aromatic heterocycles. The number of rotatable bonds is 9. The minimum Gasteiger partial charge on any atom is -0.466 e. The van der Waals surface area contributed by atoms with Crippen LogP contribution < -0.4 is 5.32 Å². The number of carbonyl (C=O) groups is 2. The molecule has 0 aliphatic rings. The third-order valence-electron chi connectivity index (χ3n) is 4.10. The number of methoxy groups -OCH3 is 1. The Morgan fingerprint density at radius 2 is 1.92 bits per heavy atom. The van der Waals surface area contributed by atoms with E-state index in [4.69, 9.17) is 4.74 Å². The summed E-state index contributed by atoms with van der Waals surface area (Å²) in [7, 11) is 1.26. The lowest BCUT2D eigenvalue weighted by Gasteiger charge is -2.28. The molecule has 138 valence electrons. The van der Waals surface area contributed by atoms with Crippen LogP contribution >= 0.6 is 0 Å². The van der Waals surface area contributed by atoms with Crippen LogP contribution in [0.25, 0.3) is 0 Å². The molecule has 1 rings (SSSR count). The number of hydrogen-bond acceptors (Lipinski definition) is 5. The average molecular weight is 349 g/mol. The normalized spacial score (nSPS) is 14.1. The van der Waals surface area contributed by atoms with Crippen molar-refractivity contribution < 1.29 is 24.2 Å². The molecule has 6 heteroatoms. The Morgan fingerprint density at radius 3 is 2.48 bits per heavy atom. The highest BCUT2D eigenvalue weighted by molar-refractivity contribution is 5.87. The van der Waals surface area contributed by atoms with E-state index in [0.717, 1.165) is 12.0 Å². The summed E-state index contributed by atoms with van der Waals surface area (Å²) >= 11 is 0. The van der Waals surface area contributed by atoms with Crippen molar-refractivity contribution >= 4 is 12.1 Å². The van der Waals surface area contributed by atoms with Crippen LogP contribution in [0.15, 0.2) is 42.5 Å². The Labute approximate surface area is 148 Å². The number of nitrogens with one attached hydrogen (secondary N) is 1. The van der Waals surface area contributed by atoms with Crippen LogP contribution in [0.2, 0.25) is 0 Å². The molecule has 1 amide bonds. The SMILES string of the molecule is C=C(C[C@@H](O)[C@@H](NC(=O)OCc1ccccc1)C(C)CC)C(=O)OC. The molecule has 0 bridgehead atoms. The van der Waals surface area contributed by atoms with Gasteiger partial charge in [-0.15, -0.1) is 0 Å². The maximum atomic E-state index is 12.1. The minimum absolute atomic E-state index is 0.00952. The van der Waals surface area contributed by atoms with E-state index in [0.29, 0.717) is 0 Å². The van der Waals surface area contributed by atoms with E-state index in [2.05, 4.69) is 16.6 Å². The Kier molecular flexibility index (Phi) is 8.70. The quantitative estimate of drug-likeness (QED) is 0.529. The minimum atomic E-state index is -0.967. The number of hydrogen-bond donors (Lipinski definition) is 2. The molecular weight excluding hydrogens is 322 g/mol. The second-order valence-corrected chi connectivity index (χ2v) is 5.98. The first-order valence-corrected chi connectivity index (χ1v) is 8.30. The highest BCUT2D eigenvalue weighted by atomic mass is 16.5. The van der Waals surface area contributed by atoms with Gasteiger partial charge in [0.15, 0.2) is 0 Å². The average Bonchev–Trinajstić information content (AvgIpc) is 2.63. The van der Waals surface area contributed by atoms with Gasteiger partial charge in [-0.3, -0.25) is 0 Å². The summed E-state index contributed by atoms with van der Waals surface area (Å²) in [6.07, 6.45) is -0.825. The van der Waals surface area contributed by atoms with E-state index >= 15 is 0 Å². The Hall–Kier alpha value is -2.34. The van der Waals surface area contributed by atoms with Crippen LogP contribution in [0, 0.1) is 5.92 Å². The summed E-state index contributed by atoms with van der Waals surface area (Å²) in [6, 6.07) is 8.76. The largest absolute Gasteiger partial charge is 0.466 e. The van der Waals surface area contributed by atoms with E-state index in [1.807, 2.05) is 44.2 Å². The number of aliphatic hydroxyl groups is 1. The molecule has 0 spiro atoms. The standard InChI is InChI=1S/C19H27NO5/c1-5-13(2)17(16(21)11-14(3)18(22)24-4)20-19(23)25-12-15-9-7-6-8-10-15/h6-10,13,16-17,21H,3,5,11-12H2,1-2,4H3,(H,20,23)/t13?,16-,17+/m1/s1. The lowest BCUT2D eigenvalue weighted by Crippen LogP contribution is -2.47. The highest BCUT2D eigenvalue weighted by Crippen LogP contribution is 2.17. The topological polar surface area (TPSA) is 84.9 Å². The molecule has 1 aromatic rings. The number of ether oxygens (including phenoxy) is 2. The molecular formula is C19H27NO5. The molecule has 25 heavy (non-hydrogen) atoms. The van der Waals surface area contributed by atoms with Crippen molar-refractivity contribution in [2.24, 2.45) is 5.92 Å². The summed E-state index contributed by atoms with van der Waals surface area (Å²) in [4.78, 5) is 23.5. The summed E-state index contributed by atoms with van der Waals surface area (Å²) in [5.74, 6) is -0.585. The monoisotopic (exact) mass is 349 g/mol. The van der Waals surface area contributed by atoms with Crippen LogP contribution in [-0.2, 0) is 20.9 Å². The third-order valence-corrected chi connectivity index (χ3v) is 4.10. The van der Waals surface area contributed by atoms with E-state index in [9.17, 15) is 14.7 Å². The van der Waals surface area contributed by atoms with Gasteiger partial charge in [-0.25, -0.2) is 9.59 Å². The second kappa shape index (κ2) is 10.5. The van der Waals surface area contributed by atoms with Crippen molar-refractivity contribution in [2.75, 3.05) is 7.11 Å². The number of benzene rings is 1. The fourth-order valence-electron chi connectivity index (χ4n) is 2.38. The van der Waals surface area contributed by atoms with Crippen LogP contribution in [0.1, 0.15) is 32.3 Å². The zero-order valence-electron chi connectivity index (χ0n) is 15.0. The van der Waals surface area contributed by atoms with E-state index in [1.54, 1.807) is 0 Å². The molecule has 0 saturated heterocycles. The van der Waals surface area contributed by atoms with E-state index in [1.165, 1.54) is 7.11 Å². The molecule has 0 saturated carbocycles. The number of aliphatic hydroxyl groups excluding tert-OH is 1. The van der Waals surface area contributed by atoms with Gasteiger partial charge >= 0.3 is 12.1 Å². The maximum Gasteiger partial charge on any atom is 0.407 e. The number of esters is 1. The number of alkyl carbamates (subject to hydrolysis) is 1. The van der Waals surface area contributed by atoms with Crippen LogP contribution in [0.5, 0.6) is 0 Å². The first-order valence-electron chi connectivity index (χ1n) is 8.30. The second-order valence-electron chi connectivity index (χ2n) is 5.98. The van der Waals surface area contributed by atoms with Crippen molar-refractivity contribution in [2.45, 2.75) is 45.4 Å². The van der Waals surface area contributed by atoms with Gasteiger partial charge in [0.05, 0.1) is 19.3 Å².